The zero-order valence-corrected chi connectivity index (χ0v) is 21.6. The summed E-state index contributed by atoms with van der Waals surface area (Å²) in [6, 6.07) is 0. The van der Waals surface area contributed by atoms with Gasteiger partial charge in [0.1, 0.15) is 0 Å². The maximum atomic E-state index is 12.1. The highest BCUT2D eigenvalue weighted by molar-refractivity contribution is 7.52. The van der Waals surface area contributed by atoms with Gasteiger partial charge in [-0.15, -0.1) is 0 Å². The van der Waals surface area contributed by atoms with Crippen LogP contribution in [0.1, 0.15) is 155 Å². The highest BCUT2D eigenvalue weighted by Gasteiger charge is 2.17. The van der Waals surface area contributed by atoms with E-state index in [-0.39, 0.29) is 0 Å². The highest BCUT2D eigenvalue weighted by atomic mass is 31.2. The Hall–Kier alpha value is 0.150. The fourth-order valence-corrected chi connectivity index (χ4v) is 5.18. The molecule has 0 radical (unpaired) electrons. The summed E-state index contributed by atoms with van der Waals surface area (Å²) < 4.78 is 17.4. The lowest BCUT2D eigenvalue weighted by Crippen LogP contribution is -1.97. The van der Waals surface area contributed by atoms with E-state index >= 15 is 0 Å². The Morgan fingerprint density at radius 3 is 1.17 bits per heavy atom. The van der Waals surface area contributed by atoms with Crippen molar-refractivity contribution < 1.29 is 14.0 Å². The maximum absolute atomic E-state index is 12.1. The molecule has 0 amide bonds. The summed E-state index contributed by atoms with van der Waals surface area (Å²) in [6.07, 6.45) is 28.3. The van der Waals surface area contributed by atoms with Gasteiger partial charge in [0.15, 0.2) is 0 Å². The van der Waals surface area contributed by atoms with Gasteiger partial charge in [-0.05, 0) is 12.8 Å². The Labute approximate surface area is 189 Å². The SMILES string of the molecule is CCCCCCCCCCCCCCP(=O)(O)OCCCCCCCCCCCC. The van der Waals surface area contributed by atoms with Gasteiger partial charge >= 0.3 is 7.60 Å². The molecule has 0 rings (SSSR count). The van der Waals surface area contributed by atoms with E-state index in [9.17, 15) is 9.46 Å². The Kier molecular flexibility index (Phi) is 23.9. The topological polar surface area (TPSA) is 46.5 Å². The van der Waals surface area contributed by atoms with Crippen LogP contribution in [-0.4, -0.2) is 17.7 Å². The largest absolute Gasteiger partial charge is 0.328 e. The third-order valence-electron chi connectivity index (χ3n) is 6.09. The third kappa shape index (κ3) is 24.4. The molecular weight excluding hydrogens is 391 g/mol. The van der Waals surface area contributed by atoms with Crippen LogP contribution in [-0.2, 0) is 9.09 Å². The van der Waals surface area contributed by atoms with Gasteiger partial charge in [0.2, 0.25) is 0 Å². The first-order chi connectivity index (χ1) is 14.6. The molecule has 0 saturated heterocycles. The minimum Gasteiger partial charge on any atom is -0.324 e. The summed E-state index contributed by atoms with van der Waals surface area (Å²) in [7, 11) is -3.35. The zero-order chi connectivity index (χ0) is 22.2. The van der Waals surface area contributed by atoms with E-state index in [1.807, 2.05) is 0 Å². The van der Waals surface area contributed by atoms with E-state index in [1.165, 1.54) is 116 Å². The molecule has 0 saturated carbocycles. The molecule has 0 aliphatic heterocycles. The van der Waals surface area contributed by atoms with E-state index in [4.69, 9.17) is 4.52 Å². The standard InChI is InChI=1S/C26H55O3P/c1-3-5-7-9-11-13-15-16-18-20-22-24-26-30(27,28)29-25-23-21-19-17-14-12-10-8-6-4-2/h3-26H2,1-2H3,(H,27,28). The molecule has 0 aromatic heterocycles. The van der Waals surface area contributed by atoms with Gasteiger partial charge in [0, 0.05) is 6.16 Å². The summed E-state index contributed by atoms with van der Waals surface area (Å²) in [5.74, 6) is 0. The van der Waals surface area contributed by atoms with Crippen molar-refractivity contribution in [2.24, 2.45) is 0 Å². The lowest BCUT2D eigenvalue weighted by molar-refractivity contribution is 0.251. The van der Waals surface area contributed by atoms with Gasteiger partial charge in [-0.25, -0.2) is 0 Å². The van der Waals surface area contributed by atoms with Crippen molar-refractivity contribution in [1.29, 1.82) is 0 Å². The first-order valence-corrected chi connectivity index (χ1v) is 15.3. The van der Waals surface area contributed by atoms with Gasteiger partial charge in [-0.2, -0.15) is 0 Å². The van der Waals surface area contributed by atoms with Crippen LogP contribution < -0.4 is 0 Å². The first-order valence-electron chi connectivity index (χ1n) is 13.6. The summed E-state index contributed by atoms with van der Waals surface area (Å²) in [4.78, 5) is 9.95. The molecule has 3 nitrogen and oxygen atoms in total. The maximum Gasteiger partial charge on any atom is 0.328 e. The molecule has 0 heterocycles. The average Bonchev–Trinajstić information content (AvgIpc) is 2.72. The lowest BCUT2D eigenvalue weighted by Gasteiger charge is -2.12. The fraction of sp³-hybridized carbons (Fsp3) is 1.00. The summed E-state index contributed by atoms with van der Waals surface area (Å²) in [6.45, 7) is 4.97. The monoisotopic (exact) mass is 446 g/mol. The molecule has 0 bridgehead atoms. The van der Waals surface area contributed by atoms with E-state index in [2.05, 4.69) is 13.8 Å². The summed E-state index contributed by atoms with van der Waals surface area (Å²) in [5, 5.41) is 0. The average molecular weight is 447 g/mol. The molecule has 4 heteroatoms. The van der Waals surface area contributed by atoms with Crippen LogP contribution in [0.15, 0.2) is 0 Å². The Morgan fingerprint density at radius 2 is 0.800 bits per heavy atom. The molecule has 0 fully saturated rings. The molecule has 1 unspecified atom stereocenters. The summed E-state index contributed by atoms with van der Waals surface area (Å²) in [5.41, 5.74) is 0. The van der Waals surface area contributed by atoms with Crippen LogP contribution in [0, 0.1) is 0 Å². The van der Waals surface area contributed by atoms with Crippen LogP contribution in [0.4, 0.5) is 0 Å². The molecule has 1 N–H and O–H groups in total. The molecule has 30 heavy (non-hydrogen) atoms. The van der Waals surface area contributed by atoms with Gasteiger partial charge in [-0.1, -0.05) is 142 Å². The minimum absolute atomic E-state index is 0.336. The summed E-state index contributed by atoms with van der Waals surface area (Å²) >= 11 is 0. The van der Waals surface area contributed by atoms with Crippen LogP contribution in [0.2, 0.25) is 0 Å². The third-order valence-corrected chi connectivity index (χ3v) is 7.55. The van der Waals surface area contributed by atoms with Crippen molar-refractivity contribution in [3.8, 4) is 0 Å². The van der Waals surface area contributed by atoms with E-state index in [0.29, 0.717) is 12.8 Å². The van der Waals surface area contributed by atoms with E-state index in [1.54, 1.807) is 0 Å². The van der Waals surface area contributed by atoms with Crippen LogP contribution in [0.25, 0.3) is 0 Å². The molecule has 182 valence electrons. The van der Waals surface area contributed by atoms with Crippen LogP contribution >= 0.6 is 7.60 Å². The van der Waals surface area contributed by atoms with Crippen molar-refractivity contribution in [3.05, 3.63) is 0 Å². The van der Waals surface area contributed by atoms with Crippen molar-refractivity contribution in [1.82, 2.24) is 0 Å². The second-order valence-corrected chi connectivity index (χ2v) is 11.2. The highest BCUT2D eigenvalue weighted by Crippen LogP contribution is 2.43. The second-order valence-electron chi connectivity index (χ2n) is 9.27. The smallest absolute Gasteiger partial charge is 0.324 e. The van der Waals surface area contributed by atoms with Crippen LogP contribution in [0.3, 0.4) is 0 Å². The quantitative estimate of drug-likeness (QED) is 0.112. The van der Waals surface area contributed by atoms with E-state index in [0.717, 1.165) is 25.7 Å². The molecule has 0 aliphatic rings. The van der Waals surface area contributed by atoms with Crippen molar-refractivity contribution in [3.63, 3.8) is 0 Å². The fourth-order valence-electron chi connectivity index (χ4n) is 4.01. The van der Waals surface area contributed by atoms with Gasteiger partial charge in [0.05, 0.1) is 6.61 Å². The first kappa shape index (κ1) is 30.1. The number of hydrogen-bond acceptors (Lipinski definition) is 2. The Morgan fingerprint density at radius 1 is 0.500 bits per heavy atom. The molecular formula is C26H55O3P. The number of unbranched alkanes of at least 4 members (excludes halogenated alkanes) is 20. The van der Waals surface area contributed by atoms with Crippen molar-refractivity contribution in [2.75, 3.05) is 12.8 Å². The molecule has 0 spiro atoms. The van der Waals surface area contributed by atoms with Crippen molar-refractivity contribution >= 4 is 7.60 Å². The zero-order valence-electron chi connectivity index (χ0n) is 20.7. The Balaban J connectivity index is 3.31. The van der Waals surface area contributed by atoms with E-state index < -0.39 is 7.60 Å². The molecule has 0 aromatic carbocycles. The normalized spacial score (nSPS) is 13.6. The number of hydrogen-bond donors (Lipinski definition) is 1. The van der Waals surface area contributed by atoms with Crippen molar-refractivity contribution in [2.45, 2.75) is 155 Å². The van der Waals surface area contributed by atoms with Gasteiger partial charge in [0.25, 0.3) is 0 Å². The number of rotatable bonds is 25. The predicted octanol–water partition coefficient (Wildman–Crippen LogP) is 9.81. The van der Waals surface area contributed by atoms with Crippen LogP contribution in [0.5, 0.6) is 0 Å². The van der Waals surface area contributed by atoms with Gasteiger partial charge < -0.3 is 9.42 Å². The minimum atomic E-state index is -3.35. The molecule has 0 aromatic rings. The second kappa shape index (κ2) is 23.8. The molecule has 0 aliphatic carbocycles. The lowest BCUT2D eigenvalue weighted by atomic mass is 10.1. The predicted molar refractivity (Wildman–Crippen MR) is 134 cm³/mol. The Bertz CT molecular complexity index is 373. The van der Waals surface area contributed by atoms with Gasteiger partial charge in [-0.3, -0.25) is 4.57 Å². The molecule has 1 atom stereocenters.